The van der Waals surface area contributed by atoms with Gasteiger partial charge in [0.15, 0.2) is 9.50 Å². The highest BCUT2D eigenvalue weighted by molar-refractivity contribution is 8.13. The second kappa shape index (κ2) is 8.62. The van der Waals surface area contributed by atoms with Gasteiger partial charge in [0.1, 0.15) is 5.75 Å². The average Bonchev–Trinajstić information content (AvgIpc) is 2.96. The van der Waals surface area contributed by atoms with E-state index in [9.17, 15) is 14.9 Å². The van der Waals surface area contributed by atoms with Crippen LogP contribution < -0.4 is 4.74 Å². The quantitative estimate of drug-likeness (QED) is 0.344. The summed E-state index contributed by atoms with van der Waals surface area (Å²) in [5.74, 6) is 0.316. The topological polar surface area (TPSA) is 97.9 Å². The summed E-state index contributed by atoms with van der Waals surface area (Å²) in [5, 5.41) is 13.0. The van der Waals surface area contributed by atoms with Crippen LogP contribution in [0, 0.1) is 10.1 Å². The molecule has 0 aliphatic heterocycles. The molecule has 24 heavy (non-hydrogen) atoms. The van der Waals surface area contributed by atoms with Gasteiger partial charge in [-0.1, -0.05) is 41.6 Å². The standard InChI is InChI=1S/C13H11ClN4O4S2/c1-23-12(16-18(20)21)17(8-10-7-15-11(14)24-10)13(19)22-9-5-3-2-4-6-9/h2-7H,8H2,1H3/b16-12-. The molecule has 1 heterocycles. The Kier molecular flexibility index (Phi) is 6.53. The molecule has 0 saturated carbocycles. The second-order valence-electron chi connectivity index (χ2n) is 4.17. The molecule has 2 rings (SSSR count). The normalized spacial score (nSPS) is 11.2. The molecule has 0 spiro atoms. The SMILES string of the molecule is CS/C(=N\[N+](=O)[O-])N(Cc1cnc(Cl)s1)C(=O)Oc1ccccc1. The number of amidine groups is 1. The number of amides is 1. The van der Waals surface area contributed by atoms with Crippen molar-refractivity contribution in [3.63, 3.8) is 0 Å². The number of thioether (sulfide) groups is 1. The van der Waals surface area contributed by atoms with Crippen molar-refractivity contribution in [2.75, 3.05) is 6.26 Å². The molecule has 1 amide bonds. The molecule has 0 fully saturated rings. The van der Waals surface area contributed by atoms with Gasteiger partial charge in [-0.3, -0.25) is 0 Å². The fraction of sp³-hybridized carbons (Fsp3) is 0.154. The molecule has 0 bridgehead atoms. The van der Waals surface area contributed by atoms with E-state index in [-0.39, 0.29) is 11.7 Å². The fourth-order valence-electron chi connectivity index (χ4n) is 1.64. The number of halogens is 1. The monoisotopic (exact) mass is 386 g/mol. The highest BCUT2D eigenvalue weighted by atomic mass is 35.5. The smallest absolute Gasteiger partial charge is 0.410 e. The Morgan fingerprint density at radius 1 is 1.50 bits per heavy atom. The van der Waals surface area contributed by atoms with E-state index < -0.39 is 11.1 Å². The van der Waals surface area contributed by atoms with E-state index >= 15 is 0 Å². The molecule has 0 radical (unpaired) electrons. The fourth-order valence-corrected chi connectivity index (χ4v) is 3.12. The molecule has 0 aliphatic rings. The number of hydrogen-bond donors (Lipinski definition) is 0. The number of nitrogens with zero attached hydrogens (tertiary/aromatic N) is 4. The van der Waals surface area contributed by atoms with E-state index in [0.29, 0.717) is 15.1 Å². The molecule has 0 N–H and O–H groups in total. The zero-order chi connectivity index (χ0) is 17.5. The van der Waals surface area contributed by atoms with Crippen LogP contribution in [-0.4, -0.2) is 32.4 Å². The maximum Gasteiger partial charge on any atom is 0.421 e. The number of nitro groups is 1. The van der Waals surface area contributed by atoms with Gasteiger partial charge in [-0.05, 0) is 18.4 Å². The van der Waals surface area contributed by atoms with E-state index in [2.05, 4.69) is 10.1 Å². The molecule has 0 atom stereocenters. The Morgan fingerprint density at radius 2 is 2.21 bits per heavy atom. The van der Waals surface area contributed by atoms with Crippen LogP contribution in [0.5, 0.6) is 5.75 Å². The Morgan fingerprint density at radius 3 is 2.75 bits per heavy atom. The van der Waals surface area contributed by atoms with Gasteiger partial charge in [0, 0.05) is 11.1 Å². The van der Waals surface area contributed by atoms with Crippen molar-refractivity contribution in [2.24, 2.45) is 5.10 Å². The van der Waals surface area contributed by atoms with Gasteiger partial charge < -0.3 is 4.74 Å². The van der Waals surface area contributed by atoms with Crippen LogP contribution in [0.4, 0.5) is 4.79 Å². The number of carbonyl (C=O) groups is 1. The van der Waals surface area contributed by atoms with E-state index in [4.69, 9.17) is 16.3 Å². The summed E-state index contributed by atoms with van der Waals surface area (Å²) < 4.78 is 5.55. The van der Waals surface area contributed by atoms with Gasteiger partial charge in [-0.2, -0.15) is 0 Å². The molecule has 126 valence electrons. The number of aromatic nitrogens is 1. The van der Waals surface area contributed by atoms with Crippen molar-refractivity contribution in [1.29, 1.82) is 0 Å². The number of benzene rings is 1. The van der Waals surface area contributed by atoms with Gasteiger partial charge in [0.2, 0.25) is 5.17 Å². The number of hydrazone groups is 1. The molecular formula is C13H11ClN4O4S2. The van der Waals surface area contributed by atoms with Crippen molar-refractivity contribution < 1.29 is 14.6 Å². The van der Waals surface area contributed by atoms with Gasteiger partial charge in [-0.15, -0.1) is 11.3 Å². The lowest BCUT2D eigenvalue weighted by Gasteiger charge is -2.19. The summed E-state index contributed by atoms with van der Waals surface area (Å²) in [7, 11) is 0. The third kappa shape index (κ3) is 5.18. The third-order valence-corrected chi connectivity index (χ3v) is 4.36. The minimum atomic E-state index is -0.867. The van der Waals surface area contributed by atoms with Crippen LogP contribution in [0.1, 0.15) is 4.88 Å². The Labute approximate surface area is 150 Å². The summed E-state index contributed by atoms with van der Waals surface area (Å²) in [6.07, 6.45) is 2.27. The predicted molar refractivity (Wildman–Crippen MR) is 93.1 cm³/mol. The summed E-state index contributed by atoms with van der Waals surface area (Å²) in [5.41, 5.74) is 0. The van der Waals surface area contributed by atoms with E-state index in [1.165, 1.54) is 6.20 Å². The van der Waals surface area contributed by atoms with Crippen molar-refractivity contribution in [2.45, 2.75) is 6.54 Å². The van der Waals surface area contributed by atoms with Gasteiger partial charge in [-0.25, -0.2) is 24.8 Å². The zero-order valence-corrected chi connectivity index (χ0v) is 14.7. The number of hydrogen-bond acceptors (Lipinski definition) is 7. The molecule has 0 aliphatic carbocycles. The van der Waals surface area contributed by atoms with Gasteiger partial charge in [0.05, 0.1) is 11.6 Å². The molecular weight excluding hydrogens is 376 g/mol. The van der Waals surface area contributed by atoms with Crippen molar-refractivity contribution in [3.8, 4) is 5.75 Å². The maximum atomic E-state index is 12.4. The largest absolute Gasteiger partial charge is 0.421 e. The molecule has 2 aromatic rings. The van der Waals surface area contributed by atoms with Crippen molar-refractivity contribution in [1.82, 2.24) is 9.88 Å². The summed E-state index contributed by atoms with van der Waals surface area (Å²) >= 11 is 7.89. The Bertz CT molecular complexity index is 753. The highest BCUT2D eigenvalue weighted by Gasteiger charge is 2.25. The number of thiazole rings is 1. The number of para-hydroxylation sites is 1. The van der Waals surface area contributed by atoms with Crippen molar-refractivity contribution in [3.05, 3.63) is 56.0 Å². The lowest BCUT2D eigenvalue weighted by Crippen LogP contribution is -2.37. The average molecular weight is 387 g/mol. The van der Waals surface area contributed by atoms with Crippen LogP contribution >= 0.6 is 34.7 Å². The molecule has 11 heteroatoms. The lowest BCUT2D eigenvalue weighted by molar-refractivity contribution is -0.485. The van der Waals surface area contributed by atoms with Gasteiger partial charge in [0.25, 0.3) is 0 Å². The summed E-state index contributed by atoms with van der Waals surface area (Å²) in [6, 6.07) is 8.38. The molecule has 0 saturated heterocycles. The highest BCUT2D eigenvalue weighted by Crippen LogP contribution is 2.22. The predicted octanol–water partition coefficient (Wildman–Crippen LogP) is 3.71. The van der Waals surface area contributed by atoms with Crippen LogP contribution in [0.3, 0.4) is 0 Å². The maximum absolute atomic E-state index is 12.4. The number of rotatable bonds is 4. The number of ether oxygens (including phenoxy) is 1. The van der Waals surface area contributed by atoms with Crippen LogP contribution in [-0.2, 0) is 6.54 Å². The van der Waals surface area contributed by atoms with Crippen molar-refractivity contribution >= 4 is 46.0 Å². The first-order valence-corrected chi connectivity index (χ1v) is 8.83. The van der Waals surface area contributed by atoms with E-state index in [1.807, 2.05) is 0 Å². The summed E-state index contributed by atoms with van der Waals surface area (Å²) in [6.45, 7) is 0.00354. The Balaban J connectivity index is 2.26. The first kappa shape index (κ1) is 18.2. The second-order valence-corrected chi connectivity index (χ2v) is 6.64. The van der Waals surface area contributed by atoms with E-state index in [1.54, 1.807) is 36.6 Å². The lowest BCUT2D eigenvalue weighted by atomic mass is 10.3. The minimum Gasteiger partial charge on any atom is -0.410 e. The van der Waals surface area contributed by atoms with Gasteiger partial charge >= 0.3 is 6.09 Å². The Hall–Kier alpha value is -2.17. The first-order valence-electron chi connectivity index (χ1n) is 6.41. The van der Waals surface area contributed by atoms with Crippen LogP contribution in [0.25, 0.3) is 0 Å². The number of carbonyl (C=O) groups excluding carboxylic acids is 1. The van der Waals surface area contributed by atoms with Crippen LogP contribution in [0.2, 0.25) is 4.47 Å². The van der Waals surface area contributed by atoms with Crippen LogP contribution in [0.15, 0.2) is 41.6 Å². The molecule has 0 unspecified atom stereocenters. The van der Waals surface area contributed by atoms with E-state index in [0.717, 1.165) is 28.0 Å². The third-order valence-electron chi connectivity index (χ3n) is 2.59. The molecule has 1 aromatic carbocycles. The summed E-state index contributed by atoms with van der Waals surface area (Å²) in [4.78, 5) is 28.7. The first-order chi connectivity index (χ1) is 11.5. The zero-order valence-electron chi connectivity index (χ0n) is 12.3. The molecule has 1 aromatic heterocycles. The minimum absolute atomic E-state index is 0.00354. The molecule has 8 nitrogen and oxygen atoms in total.